The van der Waals surface area contributed by atoms with Crippen molar-refractivity contribution in [3.63, 3.8) is 0 Å². The lowest BCUT2D eigenvalue weighted by molar-refractivity contribution is 0.184. The summed E-state index contributed by atoms with van der Waals surface area (Å²) in [6.07, 6.45) is 0.308. The Morgan fingerprint density at radius 2 is 2.00 bits per heavy atom. The maximum absolute atomic E-state index is 8.85. The molecule has 0 radical (unpaired) electrons. The van der Waals surface area contributed by atoms with Crippen LogP contribution >= 0.6 is 0 Å². The average molecular weight is 234 g/mol. The van der Waals surface area contributed by atoms with E-state index >= 15 is 0 Å². The van der Waals surface area contributed by atoms with Crippen LogP contribution in [0.2, 0.25) is 0 Å². The molecule has 4 heteroatoms. The number of hydrogen-bond donors (Lipinski definition) is 1. The molecule has 1 aromatic carbocycles. The number of methoxy groups -OCH3 is 1. The van der Waals surface area contributed by atoms with E-state index in [2.05, 4.69) is 6.07 Å². The van der Waals surface area contributed by atoms with Gasteiger partial charge in [-0.1, -0.05) is 12.1 Å². The molecule has 0 aliphatic heterocycles. The van der Waals surface area contributed by atoms with Crippen LogP contribution in [0.15, 0.2) is 24.3 Å². The minimum absolute atomic E-state index is 0.152. The van der Waals surface area contributed by atoms with Crippen LogP contribution in [0.4, 0.5) is 0 Å². The van der Waals surface area contributed by atoms with E-state index in [4.69, 9.17) is 20.5 Å². The van der Waals surface area contributed by atoms with E-state index in [1.54, 1.807) is 14.0 Å². The molecule has 1 rings (SSSR count). The number of para-hydroxylation sites is 2. The van der Waals surface area contributed by atoms with Gasteiger partial charge in [0.05, 0.1) is 19.3 Å². The molecular formula is C13H18N2O2. The Kier molecular flexibility index (Phi) is 4.36. The summed E-state index contributed by atoms with van der Waals surface area (Å²) in [4.78, 5) is 0. The summed E-state index contributed by atoms with van der Waals surface area (Å²) in [6, 6.07) is 9.45. The number of nitrogens with zero attached hydrogens (tertiary/aromatic N) is 1. The Morgan fingerprint density at radius 3 is 2.53 bits per heavy atom. The predicted molar refractivity (Wildman–Crippen MR) is 65.9 cm³/mol. The van der Waals surface area contributed by atoms with Gasteiger partial charge in [0.25, 0.3) is 0 Å². The van der Waals surface area contributed by atoms with E-state index in [9.17, 15) is 0 Å². The Hall–Kier alpha value is -1.73. The highest BCUT2D eigenvalue weighted by Crippen LogP contribution is 2.27. The van der Waals surface area contributed by atoms with Gasteiger partial charge < -0.3 is 15.2 Å². The van der Waals surface area contributed by atoms with E-state index in [1.165, 1.54) is 0 Å². The molecule has 17 heavy (non-hydrogen) atoms. The molecule has 0 saturated carbocycles. The summed E-state index contributed by atoms with van der Waals surface area (Å²) >= 11 is 0. The minimum Gasteiger partial charge on any atom is -0.493 e. The molecular weight excluding hydrogens is 216 g/mol. The van der Waals surface area contributed by atoms with Gasteiger partial charge in [0, 0.05) is 6.42 Å². The number of nitrogens with two attached hydrogens (primary N) is 1. The average Bonchev–Trinajstić information content (AvgIpc) is 2.29. The number of rotatable bonds is 5. The second kappa shape index (κ2) is 5.55. The Bertz CT molecular complexity index is 410. The SMILES string of the molecule is COc1ccccc1OC(C)CC(C)(N)C#N. The lowest BCUT2D eigenvalue weighted by atomic mass is 9.98. The van der Waals surface area contributed by atoms with E-state index in [1.807, 2.05) is 31.2 Å². The van der Waals surface area contributed by atoms with Crippen molar-refractivity contribution in [1.29, 1.82) is 5.26 Å². The van der Waals surface area contributed by atoms with E-state index in [-0.39, 0.29) is 6.10 Å². The maximum atomic E-state index is 8.85. The number of ether oxygens (including phenoxy) is 2. The van der Waals surface area contributed by atoms with Crippen molar-refractivity contribution < 1.29 is 9.47 Å². The third-order valence-corrected chi connectivity index (χ3v) is 2.36. The molecule has 0 aromatic heterocycles. The second-order valence-corrected chi connectivity index (χ2v) is 4.31. The molecule has 2 N–H and O–H groups in total. The van der Waals surface area contributed by atoms with Gasteiger partial charge in [0.2, 0.25) is 0 Å². The monoisotopic (exact) mass is 234 g/mol. The zero-order valence-electron chi connectivity index (χ0n) is 10.4. The van der Waals surface area contributed by atoms with Crippen molar-refractivity contribution in [1.82, 2.24) is 0 Å². The number of nitriles is 1. The van der Waals surface area contributed by atoms with Gasteiger partial charge in [-0.05, 0) is 26.0 Å². The maximum Gasteiger partial charge on any atom is 0.161 e. The van der Waals surface area contributed by atoms with Gasteiger partial charge in [-0.25, -0.2) is 0 Å². The number of hydrogen-bond acceptors (Lipinski definition) is 4. The van der Waals surface area contributed by atoms with Gasteiger partial charge in [0.15, 0.2) is 11.5 Å². The minimum atomic E-state index is -0.874. The standard InChI is InChI=1S/C13H18N2O2/c1-10(8-13(2,15)9-14)17-12-7-5-4-6-11(12)16-3/h4-7,10H,8,15H2,1-3H3. The Morgan fingerprint density at radius 1 is 1.41 bits per heavy atom. The van der Waals surface area contributed by atoms with E-state index in [0.717, 1.165) is 0 Å². The fourth-order valence-electron chi connectivity index (χ4n) is 1.62. The van der Waals surface area contributed by atoms with Crippen LogP contribution in [0.25, 0.3) is 0 Å². The molecule has 0 aliphatic carbocycles. The van der Waals surface area contributed by atoms with Crippen LogP contribution < -0.4 is 15.2 Å². The highest BCUT2D eigenvalue weighted by Gasteiger charge is 2.22. The quantitative estimate of drug-likeness (QED) is 0.847. The molecule has 0 heterocycles. The summed E-state index contributed by atoms with van der Waals surface area (Å²) in [5.41, 5.74) is 4.90. The van der Waals surface area contributed by atoms with Crippen molar-refractivity contribution in [3.8, 4) is 17.6 Å². The summed E-state index contributed by atoms with van der Waals surface area (Å²) in [7, 11) is 1.59. The molecule has 4 nitrogen and oxygen atoms in total. The van der Waals surface area contributed by atoms with Crippen molar-refractivity contribution in [2.75, 3.05) is 7.11 Å². The second-order valence-electron chi connectivity index (χ2n) is 4.31. The lowest BCUT2D eigenvalue weighted by Gasteiger charge is -2.22. The topological polar surface area (TPSA) is 68.3 Å². The van der Waals surface area contributed by atoms with E-state index in [0.29, 0.717) is 17.9 Å². The van der Waals surface area contributed by atoms with Gasteiger partial charge in [0.1, 0.15) is 5.54 Å². The summed E-state index contributed by atoms with van der Waals surface area (Å²) in [6.45, 7) is 3.57. The third kappa shape index (κ3) is 3.97. The van der Waals surface area contributed by atoms with Gasteiger partial charge in [-0.3, -0.25) is 0 Å². The Balaban J connectivity index is 2.69. The summed E-state index contributed by atoms with van der Waals surface area (Å²) in [5.74, 6) is 1.34. The molecule has 0 saturated heterocycles. The third-order valence-electron chi connectivity index (χ3n) is 2.36. The van der Waals surface area contributed by atoms with Crippen LogP contribution in [0.1, 0.15) is 20.3 Å². The van der Waals surface area contributed by atoms with Crippen molar-refractivity contribution in [2.24, 2.45) is 5.73 Å². The molecule has 2 atom stereocenters. The molecule has 0 bridgehead atoms. The fourth-order valence-corrected chi connectivity index (χ4v) is 1.62. The van der Waals surface area contributed by atoms with Gasteiger partial charge in [-0.2, -0.15) is 5.26 Å². The summed E-state index contributed by atoms with van der Waals surface area (Å²) < 4.78 is 10.9. The molecule has 0 fully saturated rings. The normalized spacial score (nSPS) is 15.5. The lowest BCUT2D eigenvalue weighted by Crippen LogP contribution is -2.38. The van der Waals surface area contributed by atoms with Gasteiger partial charge in [-0.15, -0.1) is 0 Å². The first kappa shape index (κ1) is 13.3. The first-order chi connectivity index (χ1) is 7.98. The predicted octanol–water partition coefficient (Wildman–Crippen LogP) is 2.09. The van der Waals surface area contributed by atoms with Crippen LogP contribution in [-0.4, -0.2) is 18.8 Å². The van der Waals surface area contributed by atoms with Crippen LogP contribution in [0, 0.1) is 11.3 Å². The highest BCUT2D eigenvalue weighted by atomic mass is 16.5. The zero-order valence-corrected chi connectivity index (χ0v) is 10.4. The molecule has 92 valence electrons. The highest BCUT2D eigenvalue weighted by molar-refractivity contribution is 5.39. The first-order valence-electron chi connectivity index (χ1n) is 5.48. The fraction of sp³-hybridized carbons (Fsp3) is 0.462. The molecule has 1 aromatic rings. The van der Waals surface area contributed by atoms with E-state index < -0.39 is 5.54 Å². The molecule has 2 unspecified atom stereocenters. The van der Waals surface area contributed by atoms with Crippen molar-refractivity contribution >= 4 is 0 Å². The van der Waals surface area contributed by atoms with Crippen LogP contribution in [0.5, 0.6) is 11.5 Å². The smallest absolute Gasteiger partial charge is 0.161 e. The zero-order chi connectivity index (χ0) is 12.9. The number of benzene rings is 1. The van der Waals surface area contributed by atoms with Crippen molar-refractivity contribution in [3.05, 3.63) is 24.3 Å². The molecule has 0 aliphatic rings. The largest absolute Gasteiger partial charge is 0.493 e. The molecule has 0 spiro atoms. The van der Waals surface area contributed by atoms with Crippen LogP contribution in [0.3, 0.4) is 0 Å². The molecule has 0 amide bonds. The van der Waals surface area contributed by atoms with Crippen LogP contribution in [-0.2, 0) is 0 Å². The van der Waals surface area contributed by atoms with Crippen molar-refractivity contribution in [2.45, 2.75) is 31.9 Å². The Labute approximate surface area is 102 Å². The first-order valence-corrected chi connectivity index (χ1v) is 5.48. The van der Waals surface area contributed by atoms with Gasteiger partial charge >= 0.3 is 0 Å². The summed E-state index contributed by atoms with van der Waals surface area (Å²) in [5, 5.41) is 8.85.